The van der Waals surface area contributed by atoms with Crippen molar-refractivity contribution in [3.05, 3.63) is 43.8 Å². The van der Waals surface area contributed by atoms with Crippen LogP contribution in [0.15, 0.2) is 22.9 Å². The molecule has 0 aromatic carbocycles. The van der Waals surface area contributed by atoms with Crippen LogP contribution >= 0.6 is 22.7 Å². The quantitative estimate of drug-likeness (QED) is 0.893. The van der Waals surface area contributed by atoms with Crippen LogP contribution in [-0.4, -0.2) is 37.0 Å². The molecule has 2 aliphatic rings. The molecule has 2 aromatic heterocycles. The van der Waals surface area contributed by atoms with Crippen LogP contribution in [0.4, 0.5) is 0 Å². The third kappa shape index (κ3) is 3.44. The second kappa shape index (κ2) is 6.98. The number of rotatable bonds is 3. The van der Waals surface area contributed by atoms with Crippen LogP contribution in [0.1, 0.15) is 39.0 Å². The summed E-state index contributed by atoms with van der Waals surface area (Å²) in [5.41, 5.74) is 2.86. The summed E-state index contributed by atoms with van der Waals surface area (Å²) in [6.45, 7) is 7.30. The Hall–Kier alpha value is -1.17. The van der Waals surface area contributed by atoms with Gasteiger partial charge in [-0.2, -0.15) is 11.3 Å². The molecule has 0 unspecified atom stereocenters. The molecule has 1 atom stereocenters. The summed E-state index contributed by atoms with van der Waals surface area (Å²) in [5.74, 6) is 1.02. The fourth-order valence-electron chi connectivity index (χ4n) is 3.85. The van der Waals surface area contributed by atoms with Gasteiger partial charge in [-0.1, -0.05) is 6.92 Å². The van der Waals surface area contributed by atoms with Crippen molar-refractivity contribution in [3.8, 4) is 0 Å². The number of aryl methyl sites for hydroxylation is 1. The molecule has 128 valence electrons. The smallest absolute Gasteiger partial charge is 0.264 e. The van der Waals surface area contributed by atoms with Gasteiger partial charge in [0.25, 0.3) is 5.91 Å². The molecule has 2 aromatic rings. The number of quaternary nitrogens is 1. The number of carbonyl (C=O) groups excluding carboxylic acids is 1. The molecule has 1 aliphatic carbocycles. The van der Waals surface area contributed by atoms with Crippen LogP contribution in [0.3, 0.4) is 0 Å². The topological polar surface area (TPSA) is 24.8 Å². The lowest BCUT2D eigenvalue weighted by molar-refractivity contribution is -0.917. The van der Waals surface area contributed by atoms with Gasteiger partial charge in [-0.25, -0.2) is 0 Å². The third-order valence-corrected chi connectivity index (χ3v) is 7.29. The minimum Gasteiger partial charge on any atom is -0.328 e. The van der Waals surface area contributed by atoms with Gasteiger partial charge in [0, 0.05) is 10.4 Å². The van der Waals surface area contributed by atoms with Crippen LogP contribution in [-0.2, 0) is 19.4 Å². The van der Waals surface area contributed by atoms with Crippen LogP contribution in [0.5, 0.6) is 0 Å². The molecule has 1 fully saturated rings. The highest BCUT2D eigenvalue weighted by molar-refractivity contribution is 7.14. The highest BCUT2D eigenvalue weighted by Crippen LogP contribution is 2.32. The number of piperazine rings is 1. The first-order valence-electron chi connectivity index (χ1n) is 8.94. The fraction of sp³-hybridized carbons (Fsp3) is 0.526. The first-order chi connectivity index (χ1) is 11.7. The zero-order chi connectivity index (χ0) is 16.5. The van der Waals surface area contributed by atoms with E-state index in [1.807, 2.05) is 0 Å². The Morgan fingerprint density at radius 2 is 2.21 bits per heavy atom. The Morgan fingerprint density at radius 3 is 2.96 bits per heavy atom. The second-order valence-corrected chi connectivity index (χ2v) is 9.17. The minimum atomic E-state index is 0.261. The Balaban J connectivity index is 1.36. The van der Waals surface area contributed by atoms with Gasteiger partial charge in [0.1, 0.15) is 6.54 Å². The number of nitrogens with zero attached hydrogens (tertiary/aromatic N) is 1. The van der Waals surface area contributed by atoms with E-state index in [0.29, 0.717) is 0 Å². The largest absolute Gasteiger partial charge is 0.328 e. The number of fused-ring (bicyclic) bond motifs is 1. The van der Waals surface area contributed by atoms with E-state index in [1.54, 1.807) is 27.6 Å². The number of nitrogens with one attached hydrogen (secondary N) is 1. The molecule has 24 heavy (non-hydrogen) atoms. The van der Waals surface area contributed by atoms with Gasteiger partial charge in [-0.05, 0) is 53.6 Å². The molecular formula is C19H25N2OS2+. The summed E-state index contributed by atoms with van der Waals surface area (Å²) >= 11 is 3.51. The van der Waals surface area contributed by atoms with Crippen molar-refractivity contribution in [1.29, 1.82) is 0 Å². The molecule has 1 amide bonds. The Morgan fingerprint density at radius 1 is 1.38 bits per heavy atom. The fourth-order valence-corrected chi connectivity index (χ4v) is 5.70. The van der Waals surface area contributed by atoms with Crippen LogP contribution in [0.25, 0.3) is 0 Å². The van der Waals surface area contributed by atoms with E-state index in [2.05, 4.69) is 34.7 Å². The SMILES string of the molecule is C[C@H]1CCc2sc(C(=O)N3CC[NH+](Cc4ccsc4)CC3)cc2C1. The van der Waals surface area contributed by atoms with Gasteiger partial charge in [-0.15, -0.1) is 11.3 Å². The van der Waals surface area contributed by atoms with Crippen molar-refractivity contribution in [3.63, 3.8) is 0 Å². The maximum absolute atomic E-state index is 12.9. The summed E-state index contributed by atoms with van der Waals surface area (Å²) in [7, 11) is 0. The molecule has 0 saturated carbocycles. The third-order valence-electron chi connectivity index (χ3n) is 5.33. The van der Waals surface area contributed by atoms with Crippen molar-refractivity contribution in [2.75, 3.05) is 26.2 Å². The van der Waals surface area contributed by atoms with Crippen molar-refractivity contribution >= 4 is 28.6 Å². The lowest BCUT2D eigenvalue weighted by atomic mass is 9.90. The van der Waals surface area contributed by atoms with Gasteiger partial charge in [0.05, 0.1) is 31.1 Å². The number of carbonyl (C=O) groups is 1. The molecule has 1 aliphatic heterocycles. The number of amides is 1. The summed E-state index contributed by atoms with van der Waals surface area (Å²) in [5, 5.41) is 4.38. The number of hydrogen-bond donors (Lipinski definition) is 1. The predicted octanol–water partition coefficient (Wildman–Crippen LogP) is 2.48. The Bertz CT molecular complexity index is 699. The maximum atomic E-state index is 12.9. The van der Waals surface area contributed by atoms with Crippen molar-refractivity contribution < 1.29 is 9.69 Å². The highest BCUT2D eigenvalue weighted by atomic mass is 32.1. The summed E-state index contributed by atoms with van der Waals surface area (Å²) in [6, 6.07) is 4.40. The molecule has 0 radical (unpaired) electrons. The molecule has 1 saturated heterocycles. The monoisotopic (exact) mass is 361 g/mol. The zero-order valence-corrected chi connectivity index (χ0v) is 15.8. The van der Waals surface area contributed by atoms with Crippen LogP contribution in [0.2, 0.25) is 0 Å². The standard InChI is InChI=1S/C19H24N2OS2/c1-14-2-3-17-16(10-14)11-18(24-17)19(22)21-7-5-20(6-8-21)12-15-4-9-23-13-15/h4,9,11,13-14H,2-3,5-8,10,12H2,1H3/p+1/t14-/m0/s1. The van der Waals surface area contributed by atoms with Crippen molar-refractivity contribution in [2.24, 2.45) is 5.92 Å². The van der Waals surface area contributed by atoms with Crippen LogP contribution < -0.4 is 4.90 Å². The van der Waals surface area contributed by atoms with Gasteiger partial charge in [0.15, 0.2) is 0 Å². The lowest BCUT2D eigenvalue weighted by Crippen LogP contribution is -3.13. The average molecular weight is 362 g/mol. The molecule has 5 heteroatoms. The van der Waals surface area contributed by atoms with Gasteiger partial charge in [0.2, 0.25) is 0 Å². The normalized spacial score (nSPS) is 21.7. The minimum absolute atomic E-state index is 0.261. The van der Waals surface area contributed by atoms with E-state index in [1.165, 1.54) is 22.4 Å². The predicted molar refractivity (Wildman–Crippen MR) is 100 cm³/mol. The molecule has 4 rings (SSSR count). The van der Waals surface area contributed by atoms with E-state index in [9.17, 15) is 4.79 Å². The zero-order valence-electron chi connectivity index (χ0n) is 14.2. The Labute approximate surface area is 151 Å². The lowest BCUT2D eigenvalue weighted by Gasteiger charge is -2.31. The molecule has 3 nitrogen and oxygen atoms in total. The molecule has 3 heterocycles. The Kier molecular flexibility index (Phi) is 4.74. The summed E-state index contributed by atoms with van der Waals surface area (Å²) < 4.78 is 0. The highest BCUT2D eigenvalue weighted by Gasteiger charge is 2.27. The van der Waals surface area contributed by atoms with E-state index in [-0.39, 0.29) is 5.91 Å². The maximum Gasteiger partial charge on any atom is 0.264 e. The second-order valence-electron chi connectivity index (χ2n) is 7.26. The molecule has 0 bridgehead atoms. The first kappa shape index (κ1) is 16.3. The van der Waals surface area contributed by atoms with E-state index in [4.69, 9.17) is 0 Å². The van der Waals surface area contributed by atoms with Crippen molar-refractivity contribution in [2.45, 2.75) is 32.7 Å². The molecular weight excluding hydrogens is 336 g/mol. The van der Waals surface area contributed by atoms with Crippen molar-refractivity contribution in [1.82, 2.24) is 4.90 Å². The van der Waals surface area contributed by atoms with Gasteiger partial charge < -0.3 is 9.80 Å². The van der Waals surface area contributed by atoms with Gasteiger partial charge >= 0.3 is 0 Å². The van der Waals surface area contributed by atoms with Gasteiger partial charge in [-0.3, -0.25) is 4.79 Å². The summed E-state index contributed by atoms with van der Waals surface area (Å²) in [4.78, 5) is 18.9. The van der Waals surface area contributed by atoms with Crippen LogP contribution in [0, 0.1) is 5.92 Å². The number of hydrogen-bond acceptors (Lipinski definition) is 3. The summed E-state index contributed by atoms with van der Waals surface area (Å²) in [6.07, 6.45) is 3.58. The first-order valence-corrected chi connectivity index (χ1v) is 10.7. The van der Waals surface area contributed by atoms with E-state index < -0.39 is 0 Å². The number of thiophene rings is 2. The molecule has 1 N–H and O–H groups in total. The molecule has 0 spiro atoms. The van der Waals surface area contributed by atoms with E-state index >= 15 is 0 Å². The average Bonchev–Trinajstić information content (AvgIpc) is 3.24. The van der Waals surface area contributed by atoms with E-state index in [0.717, 1.165) is 56.4 Å².